The first kappa shape index (κ1) is 16.9. The van der Waals surface area contributed by atoms with Crippen LogP contribution in [0.2, 0.25) is 0 Å². The monoisotopic (exact) mass is 331 g/mol. The summed E-state index contributed by atoms with van der Waals surface area (Å²) in [5.41, 5.74) is 1.18. The number of aromatic hydroxyl groups is 1. The zero-order chi connectivity index (χ0) is 17.0. The third-order valence-electron chi connectivity index (χ3n) is 3.24. The van der Waals surface area contributed by atoms with Crippen molar-refractivity contribution in [3.8, 4) is 5.75 Å². The lowest BCUT2D eigenvalue weighted by Crippen LogP contribution is -2.22. The van der Waals surface area contributed by atoms with Gasteiger partial charge < -0.3 is 5.11 Å². The van der Waals surface area contributed by atoms with E-state index in [4.69, 9.17) is 0 Å². The molecule has 0 fully saturated rings. The first-order valence-electron chi connectivity index (χ1n) is 6.85. The molecule has 0 heterocycles. The molecule has 0 spiro atoms. The summed E-state index contributed by atoms with van der Waals surface area (Å²) in [4.78, 5) is 12.2. The molecule has 0 unspecified atom stereocenters. The minimum absolute atomic E-state index is 0.140. The minimum atomic E-state index is -3.50. The van der Waals surface area contributed by atoms with Crippen LogP contribution in [0.5, 0.6) is 5.75 Å². The molecular weight excluding hydrogens is 314 g/mol. The zero-order valence-electron chi connectivity index (χ0n) is 12.8. The van der Waals surface area contributed by atoms with Gasteiger partial charge in [-0.3, -0.25) is 4.79 Å². The Morgan fingerprint density at radius 3 is 2.09 bits per heavy atom. The summed E-state index contributed by atoms with van der Waals surface area (Å²) in [5.74, 6) is -0.0713. The molecule has 0 aliphatic carbocycles. The topological polar surface area (TPSA) is 74.7 Å². The van der Waals surface area contributed by atoms with Crippen molar-refractivity contribution in [2.45, 2.75) is 4.90 Å². The van der Waals surface area contributed by atoms with Crippen LogP contribution in [0.4, 0.5) is 0 Å². The Morgan fingerprint density at radius 2 is 1.57 bits per heavy atom. The van der Waals surface area contributed by atoms with E-state index < -0.39 is 10.0 Å². The van der Waals surface area contributed by atoms with Crippen LogP contribution in [0.3, 0.4) is 0 Å². The molecular formula is C17H17NO4S. The van der Waals surface area contributed by atoms with Crippen molar-refractivity contribution in [1.29, 1.82) is 0 Å². The van der Waals surface area contributed by atoms with Gasteiger partial charge in [-0.05, 0) is 48.0 Å². The number of benzene rings is 2. The lowest BCUT2D eigenvalue weighted by atomic mass is 10.1. The maximum absolute atomic E-state index is 12.1. The van der Waals surface area contributed by atoms with Gasteiger partial charge in [0.05, 0.1) is 4.90 Å². The molecule has 0 amide bonds. The summed E-state index contributed by atoms with van der Waals surface area (Å²) >= 11 is 0. The molecule has 6 heteroatoms. The van der Waals surface area contributed by atoms with Crippen molar-refractivity contribution >= 4 is 21.9 Å². The van der Waals surface area contributed by atoms with Crippen molar-refractivity contribution in [3.05, 3.63) is 65.7 Å². The van der Waals surface area contributed by atoms with Gasteiger partial charge in [0.25, 0.3) is 0 Å². The first-order chi connectivity index (χ1) is 10.8. The largest absolute Gasteiger partial charge is 0.508 e. The summed E-state index contributed by atoms with van der Waals surface area (Å²) in [6.45, 7) is 0. The van der Waals surface area contributed by atoms with Gasteiger partial charge in [0, 0.05) is 19.7 Å². The van der Waals surface area contributed by atoms with Crippen LogP contribution in [-0.2, 0) is 10.0 Å². The molecule has 0 saturated carbocycles. The van der Waals surface area contributed by atoms with E-state index in [2.05, 4.69) is 0 Å². The standard InChI is InChI=1S/C17H17NO4S/c1-18(2)23(21,22)16-10-6-14(7-11-16)17(20)12-5-13-3-8-15(19)9-4-13/h3-12,19H,1-2H3/b12-5+. The second-order valence-corrected chi connectivity index (χ2v) is 7.25. The number of sulfonamides is 1. The number of carbonyl (C=O) groups excluding carboxylic acids is 1. The lowest BCUT2D eigenvalue weighted by Gasteiger charge is -2.11. The van der Waals surface area contributed by atoms with Crippen LogP contribution in [0.15, 0.2) is 59.5 Å². The van der Waals surface area contributed by atoms with Gasteiger partial charge in [0.2, 0.25) is 10.0 Å². The number of nitrogens with zero attached hydrogens (tertiary/aromatic N) is 1. The lowest BCUT2D eigenvalue weighted by molar-refractivity contribution is 0.104. The predicted octanol–water partition coefficient (Wildman–Crippen LogP) is 2.54. The highest BCUT2D eigenvalue weighted by Gasteiger charge is 2.17. The quantitative estimate of drug-likeness (QED) is 0.675. The number of hydrogen-bond acceptors (Lipinski definition) is 4. The van der Waals surface area contributed by atoms with E-state index in [1.54, 1.807) is 18.2 Å². The minimum Gasteiger partial charge on any atom is -0.508 e. The van der Waals surface area contributed by atoms with Crippen molar-refractivity contribution in [1.82, 2.24) is 4.31 Å². The molecule has 2 rings (SSSR count). The van der Waals surface area contributed by atoms with E-state index >= 15 is 0 Å². The molecule has 5 nitrogen and oxygen atoms in total. The number of allylic oxidation sites excluding steroid dienone is 1. The SMILES string of the molecule is CN(C)S(=O)(=O)c1ccc(C(=O)/C=C/c2ccc(O)cc2)cc1. The molecule has 2 aromatic rings. The van der Waals surface area contributed by atoms with Crippen LogP contribution >= 0.6 is 0 Å². The highest BCUT2D eigenvalue weighted by atomic mass is 32.2. The number of carbonyl (C=O) groups is 1. The number of phenolic OH excluding ortho intramolecular Hbond substituents is 1. The van der Waals surface area contributed by atoms with E-state index in [1.165, 1.54) is 56.6 Å². The van der Waals surface area contributed by atoms with E-state index in [9.17, 15) is 18.3 Å². The van der Waals surface area contributed by atoms with Gasteiger partial charge in [-0.2, -0.15) is 0 Å². The molecule has 0 aromatic heterocycles. The number of phenols is 1. The molecule has 1 N–H and O–H groups in total. The van der Waals surface area contributed by atoms with Crippen molar-refractivity contribution in [2.24, 2.45) is 0 Å². The number of rotatable bonds is 5. The van der Waals surface area contributed by atoms with Gasteiger partial charge in [0.1, 0.15) is 5.75 Å². The molecule has 2 aromatic carbocycles. The summed E-state index contributed by atoms with van der Waals surface area (Å²) in [6, 6.07) is 12.2. The molecule has 0 saturated heterocycles. The Balaban J connectivity index is 2.16. The molecule has 0 radical (unpaired) electrons. The molecule has 0 atom stereocenters. The Bertz CT molecular complexity index is 820. The van der Waals surface area contributed by atoms with Gasteiger partial charge in [-0.1, -0.05) is 18.2 Å². The third-order valence-corrected chi connectivity index (χ3v) is 5.07. The molecule has 0 bridgehead atoms. The Hall–Kier alpha value is -2.44. The Labute approximate surface area is 135 Å². The molecule has 120 valence electrons. The van der Waals surface area contributed by atoms with Crippen LogP contribution in [0.1, 0.15) is 15.9 Å². The normalized spacial score (nSPS) is 12.0. The average molecular weight is 331 g/mol. The van der Waals surface area contributed by atoms with Gasteiger partial charge in [0.15, 0.2) is 5.78 Å². The van der Waals surface area contributed by atoms with Crippen molar-refractivity contribution in [3.63, 3.8) is 0 Å². The highest BCUT2D eigenvalue weighted by molar-refractivity contribution is 7.89. The second-order valence-electron chi connectivity index (χ2n) is 5.10. The number of hydrogen-bond donors (Lipinski definition) is 1. The van der Waals surface area contributed by atoms with E-state index in [1.807, 2.05) is 0 Å². The fourth-order valence-corrected chi connectivity index (χ4v) is 2.76. The van der Waals surface area contributed by atoms with Gasteiger partial charge in [-0.15, -0.1) is 0 Å². The summed E-state index contributed by atoms with van der Waals surface area (Å²) in [6.07, 6.45) is 3.04. The molecule has 23 heavy (non-hydrogen) atoms. The fourth-order valence-electron chi connectivity index (χ4n) is 1.86. The van der Waals surface area contributed by atoms with E-state index in [-0.39, 0.29) is 16.4 Å². The summed E-state index contributed by atoms with van der Waals surface area (Å²) in [7, 11) is -0.592. The third kappa shape index (κ3) is 4.06. The highest BCUT2D eigenvalue weighted by Crippen LogP contribution is 2.15. The maximum atomic E-state index is 12.1. The smallest absolute Gasteiger partial charge is 0.242 e. The van der Waals surface area contributed by atoms with E-state index in [0.717, 1.165) is 9.87 Å². The number of ketones is 1. The van der Waals surface area contributed by atoms with Crippen molar-refractivity contribution in [2.75, 3.05) is 14.1 Å². The zero-order valence-corrected chi connectivity index (χ0v) is 13.6. The second kappa shape index (κ2) is 6.76. The first-order valence-corrected chi connectivity index (χ1v) is 8.29. The van der Waals surface area contributed by atoms with E-state index in [0.29, 0.717) is 5.56 Å². The van der Waals surface area contributed by atoms with Crippen LogP contribution in [-0.4, -0.2) is 37.7 Å². The Kier molecular flexibility index (Phi) is 4.98. The van der Waals surface area contributed by atoms with Crippen LogP contribution in [0.25, 0.3) is 6.08 Å². The van der Waals surface area contributed by atoms with Crippen LogP contribution in [0, 0.1) is 0 Å². The molecule has 0 aliphatic rings. The predicted molar refractivity (Wildman–Crippen MR) is 88.8 cm³/mol. The van der Waals surface area contributed by atoms with Crippen molar-refractivity contribution < 1.29 is 18.3 Å². The fraction of sp³-hybridized carbons (Fsp3) is 0.118. The average Bonchev–Trinajstić information content (AvgIpc) is 2.54. The van der Waals surface area contributed by atoms with Crippen LogP contribution < -0.4 is 0 Å². The Morgan fingerprint density at radius 1 is 1.00 bits per heavy atom. The summed E-state index contributed by atoms with van der Waals surface area (Å²) < 4.78 is 25.0. The maximum Gasteiger partial charge on any atom is 0.242 e. The molecule has 0 aliphatic heterocycles. The van der Waals surface area contributed by atoms with Gasteiger partial charge >= 0.3 is 0 Å². The van der Waals surface area contributed by atoms with Gasteiger partial charge in [-0.25, -0.2) is 12.7 Å². The summed E-state index contributed by atoms with van der Waals surface area (Å²) in [5, 5.41) is 9.20.